The summed E-state index contributed by atoms with van der Waals surface area (Å²) in [5.74, 6) is -1.61. The van der Waals surface area contributed by atoms with Crippen molar-refractivity contribution in [1.82, 2.24) is 20.7 Å². The zero-order valence-electron chi connectivity index (χ0n) is 17.1. The number of benzene rings is 2. The fourth-order valence-corrected chi connectivity index (χ4v) is 4.42. The zero-order valence-corrected chi connectivity index (χ0v) is 17.8. The number of rotatable bonds is 3. The normalized spacial score (nSPS) is 22.5. The molecule has 5 nitrogen and oxygen atoms in total. The van der Waals surface area contributed by atoms with Gasteiger partial charge in [0.1, 0.15) is 12.2 Å². The number of amides is 1. The molecule has 5 rings (SSSR count). The standard InChI is InChI=1S/C24H18ClF3N4O/c25-18-7-5-17(6-8-18)21-22(24(26,27)28)31-32-20(33)13-19(30-23(21)32)16-3-1-14(2-4-16)15-9-11-29-12-10-15/h1-13,21-23,30-31H. The highest BCUT2D eigenvalue weighted by atomic mass is 35.5. The quantitative estimate of drug-likeness (QED) is 0.581. The van der Waals surface area contributed by atoms with Crippen molar-refractivity contribution in [2.24, 2.45) is 0 Å². The molecule has 2 aromatic carbocycles. The van der Waals surface area contributed by atoms with Crippen LogP contribution in [0, 0.1) is 0 Å². The summed E-state index contributed by atoms with van der Waals surface area (Å²) >= 11 is 5.93. The molecule has 2 aliphatic heterocycles. The first-order chi connectivity index (χ1) is 15.8. The first kappa shape index (κ1) is 21.5. The van der Waals surface area contributed by atoms with E-state index in [1.54, 1.807) is 36.7 Å². The van der Waals surface area contributed by atoms with E-state index >= 15 is 0 Å². The number of nitrogens with one attached hydrogen (secondary N) is 2. The van der Waals surface area contributed by atoms with Crippen LogP contribution in [0.2, 0.25) is 5.02 Å². The molecule has 9 heteroatoms. The molecule has 1 aromatic heterocycles. The molecule has 0 aliphatic carbocycles. The summed E-state index contributed by atoms with van der Waals surface area (Å²) in [6.45, 7) is 0. The molecule has 2 N–H and O–H groups in total. The van der Waals surface area contributed by atoms with Crippen molar-refractivity contribution in [3.63, 3.8) is 0 Å². The van der Waals surface area contributed by atoms with Crippen molar-refractivity contribution in [2.45, 2.75) is 24.3 Å². The molecule has 168 valence electrons. The molecule has 3 heterocycles. The lowest BCUT2D eigenvalue weighted by Gasteiger charge is -2.33. The maximum absolute atomic E-state index is 13.9. The van der Waals surface area contributed by atoms with Gasteiger partial charge in [-0.15, -0.1) is 0 Å². The van der Waals surface area contributed by atoms with Gasteiger partial charge < -0.3 is 5.32 Å². The number of fused-ring (bicyclic) bond motifs is 1. The van der Waals surface area contributed by atoms with Crippen LogP contribution in [0.3, 0.4) is 0 Å². The minimum absolute atomic E-state index is 0.424. The van der Waals surface area contributed by atoms with Crippen molar-refractivity contribution in [3.8, 4) is 11.1 Å². The fourth-order valence-electron chi connectivity index (χ4n) is 4.29. The van der Waals surface area contributed by atoms with Crippen molar-refractivity contribution in [1.29, 1.82) is 0 Å². The van der Waals surface area contributed by atoms with E-state index in [0.29, 0.717) is 21.8 Å². The third kappa shape index (κ3) is 4.07. The van der Waals surface area contributed by atoms with E-state index in [2.05, 4.69) is 15.7 Å². The van der Waals surface area contributed by atoms with Crippen LogP contribution in [0.15, 0.2) is 79.1 Å². The summed E-state index contributed by atoms with van der Waals surface area (Å²) in [6, 6.07) is 15.5. The van der Waals surface area contributed by atoms with Crippen LogP contribution < -0.4 is 10.7 Å². The monoisotopic (exact) mass is 470 g/mol. The van der Waals surface area contributed by atoms with E-state index in [9.17, 15) is 18.0 Å². The smallest absolute Gasteiger partial charge is 0.363 e. The SMILES string of the molecule is O=C1C=C(c2ccc(-c3ccncc3)cc2)NC2C(c3ccc(Cl)cc3)C(C(F)(F)F)NN12. The van der Waals surface area contributed by atoms with E-state index < -0.39 is 30.2 Å². The molecule has 1 fully saturated rings. The third-order valence-corrected chi connectivity index (χ3v) is 6.13. The topological polar surface area (TPSA) is 57.3 Å². The largest absolute Gasteiger partial charge is 0.406 e. The van der Waals surface area contributed by atoms with Gasteiger partial charge in [0.15, 0.2) is 0 Å². The first-order valence-corrected chi connectivity index (χ1v) is 10.6. The Hall–Kier alpha value is -3.36. The van der Waals surface area contributed by atoms with Gasteiger partial charge in [-0.2, -0.15) is 13.2 Å². The van der Waals surface area contributed by atoms with Gasteiger partial charge in [-0.05, 0) is 46.5 Å². The number of nitrogens with zero attached hydrogens (tertiary/aromatic N) is 2. The van der Waals surface area contributed by atoms with E-state index in [1.165, 1.54) is 6.08 Å². The second-order valence-corrected chi connectivity index (χ2v) is 8.33. The number of aromatic nitrogens is 1. The Morgan fingerprint density at radius 3 is 2.12 bits per heavy atom. The van der Waals surface area contributed by atoms with Crippen molar-refractivity contribution >= 4 is 23.2 Å². The number of alkyl halides is 3. The van der Waals surface area contributed by atoms with Crippen LogP contribution >= 0.6 is 11.6 Å². The predicted molar refractivity (Wildman–Crippen MR) is 119 cm³/mol. The molecule has 3 atom stereocenters. The van der Waals surface area contributed by atoms with Crippen molar-refractivity contribution in [3.05, 3.63) is 95.3 Å². The summed E-state index contributed by atoms with van der Waals surface area (Å²) in [5.41, 5.74) is 5.90. The Bertz CT molecular complexity index is 1200. The molecule has 33 heavy (non-hydrogen) atoms. The minimum Gasteiger partial charge on any atom is -0.363 e. The molecule has 0 saturated carbocycles. The first-order valence-electron chi connectivity index (χ1n) is 10.2. The second-order valence-electron chi connectivity index (χ2n) is 7.89. The number of pyridine rings is 1. The fraction of sp³-hybridized carbons (Fsp3) is 0.167. The molecule has 3 unspecified atom stereocenters. The third-order valence-electron chi connectivity index (χ3n) is 5.88. The molecule has 0 spiro atoms. The molecule has 0 radical (unpaired) electrons. The maximum atomic E-state index is 13.9. The average molecular weight is 471 g/mol. The predicted octanol–water partition coefficient (Wildman–Crippen LogP) is 4.73. The number of halogens is 4. The zero-order chi connectivity index (χ0) is 23.2. The number of carbonyl (C=O) groups is 1. The van der Waals surface area contributed by atoms with Crippen molar-refractivity contribution < 1.29 is 18.0 Å². The lowest BCUT2D eigenvalue weighted by atomic mass is 9.89. The highest BCUT2D eigenvalue weighted by Crippen LogP contribution is 2.41. The molecule has 1 amide bonds. The summed E-state index contributed by atoms with van der Waals surface area (Å²) in [6.07, 6.45) is -0.783. The van der Waals surface area contributed by atoms with Crippen LogP contribution in [-0.2, 0) is 4.79 Å². The highest BCUT2D eigenvalue weighted by molar-refractivity contribution is 6.30. The van der Waals surface area contributed by atoms with Gasteiger partial charge in [-0.3, -0.25) is 14.8 Å². The van der Waals surface area contributed by atoms with Crippen LogP contribution in [0.5, 0.6) is 0 Å². The Kier molecular flexibility index (Phi) is 5.34. The Morgan fingerprint density at radius 1 is 0.879 bits per heavy atom. The summed E-state index contributed by atoms with van der Waals surface area (Å²) in [5, 5.41) is 4.59. The van der Waals surface area contributed by atoms with E-state index in [-0.39, 0.29) is 0 Å². The lowest BCUT2D eigenvalue weighted by Crippen LogP contribution is -2.53. The minimum atomic E-state index is -4.56. The molecule has 2 aliphatic rings. The van der Waals surface area contributed by atoms with Crippen molar-refractivity contribution in [2.75, 3.05) is 0 Å². The summed E-state index contributed by atoms with van der Waals surface area (Å²) in [7, 11) is 0. The average Bonchev–Trinajstić information content (AvgIpc) is 3.21. The van der Waals surface area contributed by atoms with E-state index in [0.717, 1.165) is 16.1 Å². The van der Waals surface area contributed by atoms with Gasteiger partial charge in [0, 0.05) is 29.2 Å². The van der Waals surface area contributed by atoms with Crippen LogP contribution in [0.4, 0.5) is 13.2 Å². The number of hydrogen-bond acceptors (Lipinski definition) is 4. The van der Waals surface area contributed by atoms with E-state index in [4.69, 9.17) is 11.6 Å². The van der Waals surface area contributed by atoms with Gasteiger partial charge in [0.2, 0.25) is 0 Å². The maximum Gasteiger partial charge on any atom is 0.406 e. The molecule has 3 aromatic rings. The van der Waals surface area contributed by atoms with Gasteiger partial charge in [0.25, 0.3) is 5.91 Å². The molecule has 1 saturated heterocycles. The molecular formula is C24H18ClF3N4O. The Morgan fingerprint density at radius 2 is 1.48 bits per heavy atom. The van der Waals surface area contributed by atoms with Gasteiger partial charge in [-0.1, -0.05) is 48.0 Å². The number of hydrogen-bond donors (Lipinski definition) is 2. The van der Waals surface area contributed by atoms with Gasteiger partial charge in [-0.25, -0.2) is 5.43 Å². The van der Waals surface area contributed by atoms with Crippen LogP contribution in [0.25, 0.3) is 16.8 Å². The highest BCUT2D eigenvalue weighted by Gasteiger charge is 2.57. The lowest BCUT2D eigenvalue weighted by molar-refractivity contribution is -0.161. The number of carbonyl (C=O) groups excluding carboxylic acids is 1. The number of hydrazine groups is 1. The molecular weight excluding hydrogens is 453 g/mol. The van der Waals surface area contributed by atoms with Gasteiger partial charge in [0.05, 0.1) is 5.92 Å². The van der Waals surface area contributed by atoms with Gasteiger partial charge >= 0.3 is 6.18 Å². The van der Waals surface area contributed by atoms with Crippen LogP contribution in [0.1, 0.15) is 17.0 Å². The Labute approximate surface area is 192 Å². The summed E-state index contributed by atoms with van der Waals surface area (Å²) < 4.78 is 41.7. The summed E-state index contributed by atoms with van der Waals surface area (Å²) in [4.78, 5) is 16.8. The Balaban J connectivity index is 1.47. The van der Waals surface area contributed by atoms with E-state index in [1.807, 2.05) is 36.4 Å². The van der Waals surface area contributed by atoms with Crippen LogP contribution in [-0.4, -0.2) is 34.3 Å². The molecule has 0 bridgehead atoms. The second kappa shape index (κ2) is 8.20.